The van der Waals surface area contributed by atoms with E-state index in [1.54, 1.807) is 11.6 Å². The van der Waals surface area contributed by atoms with Gasteiger partial charge in [0, 0.05) is 6.54 Å². The summed E-state index contributed by atoms with van der Waals surface area (Å²) >= 11 is 1.42. The maximum atomic E-state index is 11.2. The zero-order valence-electron chi connectivity index (χ0n) is 9.97. The van der Waals surface area contributed by atoms with Gasteiger partial charge in [0.15, 0.2) is 5.52 Å². The van der Waals surface area contributed by atoms with Crippen LogP contribution in [0.15, 0.2) is 17.6 Å². The molecular formula is C12H13N3O2S. The third kappa shape index (κ3) is 1.92. The number of thiazole rings is 1. The smallest absolute Gasteiger partial charge is 0.319 e. The molecule has 1 saturated carbocycles. The summed E-state index contributed by atoms with van der Waals surface area (Å²) in [7, 11) is 0. The quantitative estimate of drug-likeness (QED) is 0.678. The van der Waals surface area contributed by atoms with Gasteiger partial charge in [-0.3, -0.25) is 10.1 Å². The normalized spacial score (nSPS) is 16.7. The van der Waals surface area contributed by atoms with Crippen molar-refractivity contribution >= 4 is 32.9 Å². The summed E-state index contributed by atoms with van der Waals surface area (Å²) in [6.45, 7) is 2.97. The van der Waals surface area contributed by atoms with Gasteiger partial charge >= 0.3 is 5.69 Å². The van der Waals surface area contributed by atoms with E-state index in [-0.39, 0.29) is 10.6 Å². The van der Waals surface area contributed by atoms with Crippen LogP contribution in [0.25, 0.3) is 10.2 Å². The largest absolute Gasteiger partial charge is 0.379 e. The number of nitrogens with one attached hydrogen (secondary N) is 1. The van der Waals surface area contributed by atoms with E-state index in [9.17, 15) is 10.1 Å². The second-order valence-corrected chi connectivity index (χ2v) is 5.97. The van der Waals surface area contributed by atoms with E-state index in [0.717, 1.165) is 11.2 Å². The maximum Gasteiger partial charge on any atom is 0.319 e. The molecule has 6 heteroatoms. The average molecular weight is 263 g/mol. The number of anilines is 1. The van der Waals surface area contributed by atoms with Crippen LogP contribution in [0.2, 0.25) is 0 Å². The molecular weight excluding hydrogens is 250 g/mol. The lowest BCUT2D eigenvalue weighted by atomic mass is 10.1. The number of nitrogens with zero attached hydrogens (tertiary/aromatic N) is 2. The highest BCUT2D eigenvalue weighted by atomic mass is 32.1. The first-order chi connectivity index (χ1) is 8.59. The SMILES string of the molecule is CC1(CNc2ccc3scnc3c2[N+](=O)[O-])CC1. The lowest BCUT2D eigenvalue weighted by Gasteiger charge is -2.11. The van der Waals surface area contributed by atoms with Gasteiger partial charge in [-0.2, -0.15) is 0 Å². The number of rotatable bonds is 4. The van der Waals surface area contributed by atoms with Crippen molar-refractivity contribution in [2.75, 3.05) is 11.9 Å². The Labute approximate surface area is 108 Å². The van der Waals surface area contributed by atoms with E-state index in [1.165, 1.54) is 24.2 Å². The molecule has 0 aliphatic heterocycles. The van der Waals surface area contributed by atoms with Gasteiger partial charge in [0.1, 0.15) is 5.69 Å². The number of aromatic nitrogens is 1. The molecule has 0 bridgehead atoms. The van der Waals surface area contributed by atoms with Crippen LogP contribution in [0, 0.1) is 15.5 Å². The average Bonchev–Trinajstić information content (AvgIpc) is 2.90. The van der Waals surface area contributed by atoms with Gasteiger partial charge in [0.2, 0.25) is 0 Å². The monoisotopic (exact) mass is 263 g/mol. The number of hydrogen-bond acceptors (Lipinski definition) is 5. The van der Waals surface area contributed by atoms with Crippen molar-refractivity contribution in [3.8, 4) is 0 Å². The number of nitro benzene ring substituents is 1. The molecule has 0 atom stereocenters. The Kier molecular flexibility index (Phi) is 2.48. The number of hydrogen-bond donors (Lipinski definition) is 1. The molecule has 0 spiro atoms. The molecule has 5 nitrogen and oxygen atoms in total. The number of benzene rings is 1. The van der Waals surface area contributed by atoms with Gasteiger partial charge in [-0.1, -0.05) is 6.92 Å². The molecule has 94 valence electrons. The van der Waals surface area contributed by atoms with Gasteiger partial charge < -0.3 is 5.32 Å². The highest BCUT2D eigenvalue weighted by molar-refractivity contribution is 7.16. The Morgan fingerprint density at radius 2 is 2.33 bits per heavy atom. The summed E-state index contributed by atoms with van der Waals surface area (Å²) < 4.78 is 0.852. The highest BCUT2D eigenvalue weighted by Gasteiger charge is 2.37. The molecule has 1 aromatic heterocycles. The molecule has 3 rings (SSSR count). The predicted molar refractivity (Wildman–Crippen MR) is 72.1 cm³/mol. The Bertz CT molecular complexity index is 619. The first-order valence-electron chi connectivity index (χ1n) is 5.84. The molecule has 0 amide bonds. The zero-order valence-corrected chi connectivity index (χ0v) is 10.8. The van der Waals surface area contributed by atoms with Crippen LogP contribution in [-0.2, 0) is 0 Å². The van der Waals surface area contributed by atoms with Crippen molar-refractivity contribution in [2.45, 2.75) is 19.8 Å². The summed E-state index contributed by atoms with van der Waals surface area (Å²) in [6, 6.07) is 3.67. The van der Waals surface area contributed by atoms with Crippen molar-refractivity contribution in [3.63, 3.8) is 0 Å². The van der Waals surface area contributed by atoms with Gasteiger partial charge in [0.05, 0.1) is 15.1 Å². The Balaban J connectivity index is 1.98. The number of fused-ring (bicyclic) bond motifs is 1. The molecule has 1 N–H and O–H groups in total. The van der Waals surface area contributed by atoms with Crippen LogP contribution in [0.1, 0.15) is 19.8 Å². The van der Waals surface area contributed by atoms with Crippen LogP contribution < -0.4 is 5.32 Å². The molecule has 0 unspecified atom stereocenters. The zero-order chi connectivity index (χ0) is 12.8. The fourth-order valence-electron chi connectivity index (χ4n) is 1.94. The summed E-state index contributed by atoms with van der Waals surface area (Å²) in [5.41, 5.74) is 3.11. The lowest BCUT2D eigenvalue weighted by molar-refractivity contribution is -0.382. The van der Waals surface area contributed by atoms with Gasteiger partial charge in [-0.15, -0.1) is 11.3 Å². The van der Waals surface area contributed by atoms with E-state index in [4.69, 9.17) is 0 Å². The first-order valence-corrected chi connectivity index (χ1v) is 6.71. The molecule has 1 aliphatic carbocycles. The first kappa shape index (κ1) is 11.4. The van der Waals surface area contributed by atoms with Crippen LogP contribution in [-0.4, -0.2) is 16.5 Å². The van der Waals surface area contributed by atoms with Crippen LogP contribution in [0.4, 0.5) is 11.4 Å². The van der Waals surface area contributed by atoms with Crippen molar-refractivity contribution in [1.29, 1.82) is 0 Å². The third-order valence-corrected chi connectivity index (χ3v) is 4.26. The topological polar surface area (TPSA) is 68.1 Å². The summed E-state index contributed by atoms with van der Waals surface area (Å²) in [5, 5.41) is 14.4. The van der Waals surface area contributed by atoms with Crippen molar-refractivity contribution in [1.82, 2.24) is 4.98 Å². The fraction of sp³-hybridized carbons (Fsp3) is 0.417. The highest BCUT2D eigenvalue weighted by Crippen LogP contribution is 2.45. The number of nitro groups is 1. The predicted octanol–water partition coefficient (Wildman–Crippen LogP) is 3.42. The minimum atomic E-state index is -0.348. The Morgan fingerprint density at radius 1 is 1.56 bits per heavy atom. The van der Waals surface area contributed by atoms with E-state index >= 15 is 0 Å². The van der Waals surface area contributed by atoms with Crippen LogP contribution in [0.5, 0.6) is 0 Å². The molecule has 0 saturated heterocycles. The molecule has 18 heavy (non-hydrogen) atoms. The second kappa shape index (κ2) is 3.91. The molecule has 1 aliphatic rings. The fourth-order valence-corrected chi connectivity index (χ4v) is 2.62. The van der Waals surface area contributed by atoms with Crippen molar-refractivity contribution in [3.05, 3.63) is 27.8 Å². The maximum absolute atomic E-state index is 11.2. The van der Waals surface area contributed by atoms with Crippen molar-refractivity contribution in [2.24, 2.45) is 5.41 Å². The van der Waals surface area contributed by atoms with E-state index in [2.05, 4.69) is 17.2 Å². The minimum absolute atomic E-state index is 0.0954. The molecule has 0 radical (unpaired) electrons. The molecule has 1 aromatic carbocycles. The van der Waals surface area contributed by atoms with E-state index in [0.29, 0.717) is 16.6 Å². The summed E-state index contributed by atoms with van der Waals surface area (Å²) in [5.74, 6) is 0. The summed E-state index contributed by atoms with van der Waals surface area (Å²) in [6.07, 6.45) is 2.37. The molecule has 1 fully saturated rings. The third-order valence-electron chi connectivity index (χ3n) is 3.47. The van der Waals surface area contributed by atoms with Crippen molar-refractivity contribution < 1.29 is 4.92 Å². The van der Waals surface area contributed by atoms with Gasteiger partial charge in [-0.25, -0.2) is 4.98 Å². The lowest BCUT2D eigenvalue weighted by Crippen LogP contribution is -2.12. The molecule has 2 aromatic rings. The van der Waals surface area contributed by atoms with E-state index in [1.807, 2.05) is 6.07 Å². The van der Waals surface area contributed by atoms with Crippen LogP contribution >= 0.6 is 11.3 Å². The standard InChI is InChI=1S/C12H13N3O2S/c1-12(4-5-12)6-13-8-2-3-9-10(14-7-18-9)11(8)15(16)17/h2-3,7,13H,4-6H2,1H3. The minimum Gasteiger partial charge on any atom is -0.379 e. The van der Waals surface area contributed by atoms with E-state index < -0.39 is 0 Å². The van der Waals surface area contributed by atoms with Gasteiger partial charge in [0.25, 0.3) is 0 Å². The molecule has 1 heterocycles. The Hall–Kier alpha value is -1.69. The van der Waals surface area contributed by atoms with Gasteiger partial charge in [-0.05, 0) is 30.4 Å². The van der Waals surface area contributed by atoms with Crippen LogP contribution in [0.3, 0.4) is 0 Å². The second-order valence-electron chi connectivity index (χ2n) is 5.08. The Morgan fingerprint density at radius 3 is 3.00 bits per heavy atom. The summed E-state index contributed by atoms with van der Waals surface area (Å²) in [4.78, 5) is 15.0.